The molecule has 28 heavy (non-hydrogen) atoms. The number of likely N-dealkylation sites (tertiary alicyclic amines) is 1. The number of hydrogen-bond acceptors (Lipinski definition) is 4. The van der Waals surface area contributed by atoms with Gasteiger partial charge in [-0.1, -0.05) is 6.92 Å². The summed E-state index contributed by atoms with van der Waals surface area (Å²) in [5, 5.41) is 0. The highest BCUT2D eigenvalue weighted by atomic mass is 32.2. The smallest absolute Gasteiger partial charge is 0.243 e. The van der Waals surface area contributed by atoms with Gasteiger partial charge in [-0.25, -0.2) is 8.42 Å². The Morgan fingerprint density at radius 1 is 1.18 bits per heavy atom. The van der Waals surface area contributed by atoms with Gasteiger partial charge in [0.05, 0.1) is 17.4 Å². The van der Waals surface area contributed by atoms with Gasteiger partial charge in [-0.2, -0.15) is 4.31 Å². The SMILES string of the molecule is CCOc1ccc(S(=O)(=O)N2CCC[C@@H](C(=O)N3CCC(C)CC3)C2)cc1C. The number of aryl methyl sites for hydroxylation is 1. The molecule has 1 aromatic carbocycles. The van der Waals surface area contributed by atoms with Gasteiger partial charge in [0.2, 0.25) is 15.9 Å². The number of nitrogens with zero attached hydrogens (tertiary/aromatic N) is 2. The molecule has 156 valence electrons. The molecule has 0 spiro atoms. The van der Waals surface area contributed by atoms with Crippen LogP contribution < -0.4 is 4.74 Å². The minimum atomic E-state index is -3.62. The van der Waals surface area contributed by atoms with Gasteiger partial charge in [0, 0.05) is 26.2 Å². The number of amides is 1. The molecule has 0 radical (unpaired) electrons. The highest BCUT2D eigenvalue weighted by Crippen LogP contribution is 2.29. The van der Waals surface area contributed by atoms with E-state index < -0.39 is 10.0 Å². The Morgan fingerprint density at radius 3 is 2.54 bits per heavy atom. The molecule has 0 aromatic heterocycles. The van der Waals surface area contributed by atoms with Crippen molar-refractivity contribution in [1.82, 2.24) is 9.21 Å². The Morgan fingerprint density at radius 2 is 1.89 bits per heavy atom. The standard InChI is InChI=1S/C21H32N2O4S/c1-4-27-20-8-7-19(14-17(20)3)28(25,26)23-11-5-6-18(15-23)21(24)22-12-9-16(2)10-13-22/h7-8,14,16,18H,4-6,9-13,15H2,1-3H3/t18-/m1/s1. The second-order valence-corrected chi connectivity index (χ2v) is 10.0. The van der Waals surface area contributed by atoms with Crippen LogP contribution in [0.2, 0.25) is 0 Å². The van der Waals surface area contributed by atoms with Crippen molar-refractivity contribution >= 4 is 15.9 Å². The summed E-state index contributed by atoms with van der Waals surface area (Å²) >= 11 is 0. The maximum absolute atomic E-state index is 13.2. The molecule has 6 nitrogen and oxygen atoms in total. The molecule has 1 atom stereocenters. The van der Waals surface area contributed by atoms with Crippen LogP contribution in [0.15, 0.2) is 23.1 Å². The van der Waals surface area contributed by atoms with E-state index in [4.69, 9.17) is 4.74 Å². The van der Waals surface area contributed by atoms with Gasteiger partial charge >= 0.3 is 0 Å². The minimum absolute atomic E-state index is 0.120. The number of piperidine rings is 2. The fraction of sp³-hybridized carbons (Fsp3) is 0.667. The molecule has 7 heteroatoms. The topological polar surface area (TPSA) is 66.9 Å². The lowest BCUT2D eigenvalue weighted by molar-refractivity contribution is -0.138. The van der Waals surface area contributed by atoms with Crippen molar-refractivity contribution in [3.63, 3.8) is 0 Å². The van der Waals surface area contributed by atoms with Crippen molar-refractivity contribution in [3.8, 4) is 5.75 Å². The van der Waals surface area contributed by atoms with Crippen molar-refractivity contribution in [1.29, 1.82) is 0 Å². The molecule has 0 N–H and O–H groups in total. The van der Waals surface area contributed by atoms with Crippen LogP contribution in [0.25, 0.3) is 0 Å². The Hall–Kier alpha value is -1.60. The summed E-state index contributed by atoms with van der Waals surface area (Å²) in [4.78, 5) is 15.1. The molecule has 2 fully saturated rings. The highest BCUT2D eigenvalue weighted by Gasteiger charge is 2.35. The number of hydrogen-bond donors (Lipinski definition) is 0. The van der Waals surface area contributed by atoms with Crippen LogP contribution in [0.5, 0.6) is 5.75 Å². The van der Waals surface area contributed by atoms with E-state index in [9.17, 15) is 13.2 Å². The van der Waals surface area contributed by atoms with Crippen molar-refractivity contribution in [3.05, 3.63) is 23.8 Å². The molecule has 0 unspecified atom stereocenters. The fourth-order valence-corrected chi connectivity index (χ4v) is 5.71. The lowest BCUT2D eigenvalue weighted by atomic mass is 9.94. The second-order valence-electron chi connectivity index (χ2n) is 8.07. The molecule has 0 saturated carbocycles. The third-order valence-electron chi connectivity index (χ3n) is 5.91. The monoisotopic (exact) mass is 408 g/mol. The molecule has 1 amide bonds. The Labute approximate surface area is 168 Å². The first-order chi connectivity index (χ1) is 13.3. The first-order valence-electron chi connectivity index (χ1n) is 10.3. The number of benzene rings is 1. The molecular weight excluding hydrogens is 376 g/mol. The molecule has 2 saturated heterocycles. The molecular formula is C21H32N2O4S. The zero-order valence-electron chi connectivity index (χ0n) is 17.2. The van der Waals surface area contributed by atoms with Crippen molar-refractivity contribution in [2.24, 2.45) is 11.8 Å². The molecule has 2 heterocycles. The van der Waals surface area contributed by atoms with Gasteiger partial charge in [-0.15, -0.1) is 0 Å². The largest absolute Gasteiger partial charge is 0.494 e. The maximum Gasteiger partial charge on any atom is 0.243 e. The van der Waals surface area contributed by atoms with E-state index >= 15 is 0 Å². The molecule has 3 rings (SSSR count). The summed E-state index contributed by atoms with van der Waals surface area (Å²) in [7, 11) is -3.62. The Kier molecular flexibility index (Phi) is 6.65. The summed E-state index contributed by atoms with van der Waals surface area (Å²) < 4.78 is 33.3. The maximum atomic E-state index is 13.2. The van der Waals surface area contributed by atoms with Crippen molar-refractivity contribution in [2.45, 2.75) is 51.3 Å². The van der Waals surface area contributed by atoms with Gasteiger partial charge < -0.3 is 9.64 Å². The van der Waals surface area contributed by atoms with E-state index in [1.165, 1.54) is 4.31 Å². The highest BCUT2D eigenvalue weighted by molar-refractivity contribution is 7.89. The average Bonchev–Trinajstić information content (AvgIpc) is 2.69. The summed E-state index contributed by atoms with van der Waals surface area (Å²) in [6.45, 7) is 8.84. The van der Waals surface area contributed by atoms with Crippen LogP contribution in [0.4, 0.5) is 0 Å². The predicted molar refractivity (Wildman–Crippen MR) is 109 cm³/mol. The van der Waals surface area contributed by atoms with Crippen molar-refractivity contribution in [2.75, 3.05) is 32.8 Å². The van der Waals surface area contributed by atoms with E-state index in [0.717, 1.165) is 44.3 Å². The zero-order chi connectivity index (χ0) is 20.3. The van der Waals surface area contributed by atoms with Crippen LogP contribution >= 0.6 is 0 Å². The number of rotatable bonds is 5. The molecule has 2 aliphatic heterocycles. The predicted octanol–water partition coefficient (Wildman–Crippen LogP) is 3.05. The summed E-state index contributed by atoms with van der Waals surface area (Å²) in [5.74, 6) is 1.25. The third kappa shape index (κ3) is 4.51. The van der Waals surface area contributed by atoms with Crippen LogP contribution in [0.1, 0.15) is 45.1 Å². The number of ether oxygens (including phenoxy) is 1. The minimum Gasteiger partial charge on any atom is -0.494 e. The van der Waals surface area contributed by atoms with E-state index in [0.29, 0.717) is 24.8 Å². The zero-order valence-corrected chi connectivity index (χ0v) is 18.0. The van der Waals surface area contributed by atoms with Gasteiger partial charge in [0.1, 0.15) is 5.75 Å². The molecule has 0 bridgehead atoms. The summed E-state index contributed by atoms with van der Waals surface area (Å²) in [6, 6.07) is 4.98. The second kappa shape index (κ2) is 8.82. The molecule has 0 aliphatic carbocycles. The molecule has 2 aliphatic rings. The lowest BCUT2D eigenvalue weighted by Gasteiger charge is -2.37. The average molecular weight is 409 g/mol. The van der Waals surface area contributed by atoms with Gasteiger partial charge in [-0.3, -0.25) is 4.79 Å². The Bertz CT molecular complexity index is 801. The summed E-state index contributed by atoms with van der Waals surface area (Å²) in [5.41, 5.74) is 0.801. The van der Waals surface area contributed by atoms with Gasteiger partial charge in [-0.05, 0) is 69.2 Å². The number of sulfonamides is 1. The lowest BCUT2D eigenvalue weighted by Crippen LogP contribution is -2.48. The fourth-order valence-electron chi connectivity index (χ4n) is 4.10. The van der Waals surface area contributed by atoms with Crippen LogP contribution in [0, 0.1) is 18.8 Å². The Balaban J connectivity index is 1.72. The normalized spacial score (nSPS) is 22.2. The van der Waals surface area contributed by atoms with Gasteiger partial charge in [0.25, 0.3) is 0 Å². The molecule has 1 aromatic rings. The van der Waals surface area contributed by atoms with Crippen LogP contribution in [-0.4, -0.2) is 56.3 Å². The first-order valence-corrected chi connectivity index (χ1v) is 11.8. The third-order valence-corrected chi connectivity index (χ3v) is 7.77. The van der Waals surface area contributed by atoms with Crippen molar-refractivity contribution < 1.29 is 17.9 Å². The van der Waals surface area contributed by atoms with E-state index in [1.807, 2.05) is 18.7 Å². The van der Waals surface area contributed by atoms with Crippen LogP contribution in [-0.2, 0) is 14.8 Å². The first kappa shape index (κ1) is 21.1. The summed E-state index contributed by atoms with van der Waals surface area (Å²) in [6.07, 6.45) is 3.55. The van der Waals surface area contributed by atoms with Gasteiger partial charge in [0.15, 0.2) is 0 Å². The van der Waals surface area contributed by atoms with E-state index in [-0.39, 0.29) is 23.3 Å². The number of carbonyl (C=O) groups is 1. The quantitative estimate of drug-likeness (QED) is 0.751. The van der Waals surface area contributed by atoms with E-state index in [2.05, 4.69) is 6.92 Å². The van der Waals surface area contributed by atoms with Crippen LogP contribution in [0.3, 0.4) is 0 Å². The number of carbonyl (C=O) groups excluding carboxylic acids is 1. The van der Waals surface area contributed by atoms with E-state index in [1.54, 1.807) is 18.2 Å².